The SMILES string of the molecule is [C-]#N.[CH3-].[CH3-].[Y+3]. The Labute approximate surface area is 59.3 Å². The summed E-state index contributed by atoms with van der Waals surface area (Å²) in [6, 6.07) is 0. The van der Waals surface area contributed by atoms with E-state index in [-0.39, 0.29) is 47.6 Å². The molecule has 0 aliphatic heterocycles. The predicted molar refractivity (Wildman–Crippen MR) is 17.8 cm³/mol. The van der Waals surface area contributed by atoms with Crippen molar-refractivity contribution in [3.63, 3.8) is 0 Å². The molecule has 0 radical (unpaired) electrons. The van der Waals surface area contributed by atoms with Crippen molar-refractivity contribution in [2.45, 2.75) is 0 Å². The molecule has 0 rings (SSSR count). The average molecular weight is 145 g/mol. The number of rotatable bonds is 0. The van der Waals surface area contributed by atoms with Gasteiger partial charge in [0.05, 0.1) is 0 Å². The summed E-state index contributed by atoms with van der Waals surface area (Å²) in [5.74, 6) is 0. The zero-order chi connectivity index (χ0) is 2.00. The summed E-state index contributed by atoms with van der Waals surface area (Å²) < 4.78 is 0. The van der Waals surface area contributed by atoms with E-state index in [9.17, 15) is 0 Å². The minimum absolute atomic E-state index is 0. The van der Waals surface area contributed by atoms with Crippen LogP contribution in [0.4, 0.5) is 0 Å². The van der Waals surface area contributed by atoms with Gasteiger partial charge in [0.2, 0.25) is 0 Å². The van der Waals surface area contributed by atoms with Gasteiger partial charge in [-0.15, -0.1) is 0 Å². The topological polar surface area (TPSA) is 23.8 Å². The Morgan fingerprint density at radius 2 is 1.00 bits per heavy atom. The molecule has 0 aliphatic rings. The van der Waals surface area contributed by atoms with Gasteiger partial charge < -0.3 is 26.7 Å². The van der Waals surface area contributed by atoms with Crippen LogP contribution in [0.25, 0.3) is 0 Å². The van der Waals surface area contributed by atoms with Gasteiger partial charge in [-0.2, -0.15) is 0 Å². The van der Waals surface area contributed by atoms with Gasteiger partial charge in [-0.3, -0.25) is 0 Å². The molecular weight excluding hydrogens is 139 g/mol. The number of nitrogens with zero attached hydrogens (tertiary/aromatic N) is 1. The summed E-state index contributed by atoms with van der Waals surface area (Å²) in [5.41, 5.74) is 0. The summed E-state index contributed by atoms with van der Waals surface area (Å²) in [6.45, 7) is 4.75. The van der Waals surface area contributed by atoms with E-state index < -0.39 is 0 Å². The molecule has 0 amide bonds. The van der Waals surface area contributed by atoms with Crippen molar-refractivity contribution in [3.8, 4) is 0 Å². The Morgan fingerprint density at radius 1 is 1.00 bits per heavy atom. The minimum atomic E-state index is 0. The smallest absolute Gasteiger partial charge is 0.512 e. The number of hydrogen-bond donors (Lipinski definition) is 0. The van der Waals surface area contributed by atoms with Crippen LogP contribution in [-0.2, 0) is 32.7 Å². The van der Waals surface area contributed by atoms with Crippen LogP contribution in [0.3, 0.4) is 0 Å². The molecule has 0 spiro atoms. The maximum Gasteiger partial charge on any atom is 3.00 e. The van der Waals surface area contributed by atoms with Crippen LogP contribution in [0.2, 0.25) is 0 Å². The van der Waals surface area contributed by atoms with Gasteiger partial charge in [0.15, 0.2) is 0 Å². The molecule has 0 aromatic rings. The molecule has 0 atom stereocenters. The van der Waals surface area contributed by atoms with E-state index in [1.807, 2.05) is 0 Å². The Hall–Kier alpha value is 0.594. The third-order valence-corrected chi connectivity index (χ3v) is 0. The maximum absolute atomic E-state index is 6.25. The molecule has 0 N–H and O–H groups in total. The molecule has 0 saturated heterocycles. The molecule has 1 nitrogen and oxygen atoms in total. The van der Waals surface area contributed by atoms with E-state index in [1.165, 1.54) is 0 Å². The summed E-state index contributed by atoms with van der Waals surface area (Å²) in [6.07, 6.45) is 0. The first-order valence-electron chi connectivity index (χ1n) is 0.224. The molecule has 0 aromatic carbocycles. The van der Waals surface area contributed by atoms with Crippen LogP contribution in [0.1, 0.15) is 0 Å². The third-order valence-electron chi connectivity index (χ3n) is 0. The molecule has 0 unspecified atom stereocenters. The second-order valence-corrected chi connectivity index (χ2v) is 0. The molecule has 2 heteroatoms. The van der Waals surface area contributed by atoms with E-state index in [2.05, 4.69) is 0 Å². The van der Waals surface area contributed by atoms with E-state index >= 15 is 0 Å². The third kappa shape index (κ3) is 87.6. The van der Waals surface area contributed by atoms with Gasteiger partial charge >= 0.3 is 32.7 Å². The average Bonchev–Trinajstić information content (AvgIpc) is 1.00. The Bertz CT molecular complexity index is 11.6. The normalized spacial score (nSPS) is 0.400. The number of hydrogen-bond acceptors (Lipinski definition) is 1. The first kappa shape index (κ1) is 46.5. The summed E-state index contributed by atoms with van der Waals surface area (Å²) in [5, 5.41) is 6.25. The predicted octanol–water partition coefficient (Wildman–Crippen LogP) is 0.994. The van der Waals surface area contributed by atoms with Crippen molar-refractivity contribution in [1.29, 1.82) is 5.26 Å². The summed E-state index contributed by atoms with van der Waals surface area (Å²) >= 11 is 0. The van der Waals surface area contributed by atoms with Gasteiger partial charge in [-0.25, -0.2) is 0 Å². The van der Waals surface area contributed by atoms with E-state index in [0.717, 1.165) is 0 Å². The summed E-state index contributed by atoms with van der Waals surface area (Å²) in [4.78, 5) is 0. The molecule has 0 fully saturated rings. The second kappa shape index (κ2) is 168. The zero-order valence-corrected chi connectivity index (χ0v) is 6.36. The largest absolute Gasteiger partial charge is 3.00 e. The molecule has 0 saturated carbocycles. The van der Waals surface area contributed by atoms with Crippen molar-refractivity contribution < 1.29 is 32.7 Å². The molecular formula is C3H6NY. The van der Waals surface area contributed by atoms with Crippen LogP contribution in [0, 0.1) is 26.7 Å². The fourth-order valence-electron chi connectivity index (χ4n) is 0. The molecule has 0 aromatic heterocycles. The standard InChI is InChI=1S/CN.2CH3.Y/c1-2;;;/h;2*1H3;/q3*-1;+3. The van der Waals surface area contributed by atoms with Crippen molar-refractivity contribution >= 4 is 0 Å². The fourth-order valence-corrected chi connectivity index (χ4v) is 0. The molecule has 0 aliphatic carbocycles. The van der Waals surface area contributed by atoms with E-state index in [0.29, 0.717) is 0 Å². The molecule has 0 heterocycles. The van der Waals surface area contributed by atoms with Crippen LogP contribution < -0.4 is 0 Å². The van der Waals surface area contributed by atoms with Crippen LogP contribution in [0.5, 0.6) is 0 Å². The first-order chi connectivity index (χ1) is 1.00. The fraction of sp³-hybridized carbons (Fsp3) is 0. The molecule has 0 bridgehead atoms. The van der Waals surface area contributed by atoms with Crippen molar-refractivity contribution in [2.24, 2.45) is 0 Å². The summed E-state index contributed by atoms with van der Waals surface area (Å²) in [7, 11) is 0. The second-order valence-electron chi connectivity index (χ2n) is 0. The van der Waals surface area contributed by atoms with Crippen molar-refractivity contribution in [3.05, 3.63) is 21.4 Å². The molecule has 5 heavy (non-hydrogen) atoms. The monoisotopic (exact) mass is 145 g/mol. The van der Waals surface area contributed by atoms with E-state index in [1.54, 1.807) is 0 Å². The Balaban J connectivity index is -0.00000000167. The van der Waals surface area contributed by atoms with Crippen LogP contribution in [-0.4, -0.2) is 0 Å². The maximum atomic E-state index is 6.25. The Morgan fingerprint density at radius 3 is 1.00 bits per heavy atom. The van der Waals surface area contributed by atoms with Gasteiger partial charge in [0, 0.05) is 0 Å². The quantitative estimate of drug-likeness (QED) is 0.466. The van der Waals surface area contributed by atoms with Crippen LogP contribution >= 0.6 is 0 Å². The van der Waals surface area contributed by atoms with Gasteiger partial charge in [0.25, 0.3) is 0 Å². The first-order valence-corrected chi connectivity index (χ1v) is 0.224. The Kier molecular flexibility index (Phi) is 1560. The zero-order valence-electron chi connectivity index (χ0n) is 3.52. The van der Waals surface area contributed by atoms with Gasteiger partial charge in [-0.05, 0) is 0 Å². The van der Waals surface area contributed by atoms with Gasteiger partial charge in [-0.1, -0.05) is 0 Å². The minimum Gasteiger partial charge on any atom is -0.512 e. The van der Waals surface area contributed by atoms with E-state index in [4.69, 9.17) is 11.8 Å². The van der Waals surface area contributed by atoms with Gasteiger partial charge in [0.1, 0.15) is 0 Å². The van der Waals surface area contributed by atoms with Crippen molar-refractivity contribution in [1.82, 2.24) is 0 Å². The van der Waals surface area contributed by atoms with Crippen LogP contribution in [0.15, 0.2) is 0 Å². The van der Waals surface area contributed by atoms with Crippen molar-refractivity contribution in [2.75, 3.05) is 0 Å². The molecule has 26 valence electrons.